The minimum absolute atomic E-state index is 0.00981. The predicted molar refractivity (Wildman–Crippen MR) is 59.0 cm³/mol. The van der Waals surface area contributed by atoms with Crippen molar-refractivity contribution in [3.63, 3.8) is 0 Å². The SMILES string of the molecule is CC(C)C1CCC(NC(=O)CC#N)CC1. The van der Waals surface area contributed by atoms with Crippen LogP contribution >= 0.6 is 0 Å². The smallest absolute Gasteiger partial charge is 0.234 e. The summed E-state index contributed by atoms with van der Waals surface area (Å²) in [5.74, 6) is 1.44. The number of nitrogens with one attached hydrogen (secondary N) is 1. The fraction of sp³-hybridized carbons (Fsp3) is 0.833. The number of carbonyl (C=O) groups excluding carboxylic acids is 1. The van der Waals surface area contributed by atoms with E-state index in [9.17, 15) is 4.79 Å². The van der Waals surface area contributed by atoms with Gasteiger partial charge in [-0.15, -0.1) is 0 Å². The molecule has 0 unspecified atom stereocenters. The van der Waals surface area contributed by atoms with Crippen LogP contribution in [0.25, 0.3) is 0 Å². The molecule has 3 nitrogen and oxygen atoms in total. The van der Waals surface area contributed by atoms with Crippen molar-refractivity contribution in [2.24, 2.45) is 11.8 Å². The lowest BCUT2D eigenvalue weighted by Crippen LogP contribution is -2.37. The third-order valence-electron chi connectivity index (χ3n) is 3.32. The summed E-state index contributed by atoms with van der Waals surface area (Å²) in [7, 11) is 0. The van der Waals surface area contributed by atoms with Crippen LogP contribution < -0.4 is 5.32 Å². The maximum Gasteiger partial charge on any atom is 0.234 e. The molecule has 0 saturated heterocycles. The van der Waals surface area contributed by atoms with Gasteiger partial charge in [-0.3, -0.25) is 4.79 Å². The van der Waals surface area contributed by atoms with Crippen LogP contribution in [-0.2, 0) is 4.79 Å². The average Bonchev–Trinajstić information content (AvgIpc) is 2.18. The molecular formula is C12H20N2O. The fourth-order valence-corrected chi connectivity index (χ4v) is 2.28. The first kappa shape index (κ1) is 12.0. The molecule has 0 aromatic rings. The molecule has 0 spiro atoms. The summed E-state index contributed by atoms with van der Waals surface area (Å²) in [4.78, 5) is 11.2. The highest BCUT2D eigenvalue weighted by molar-refractivity contribution is 5.78. The minimum atomic E-state index is -0.120. The molecule has 0 aromatic carbocycles. The second-order valence-corrected chi connectivity index (χ2v) is 4.76. The number of nitriles is 1. The number of hydrogen-bond donors (Lipinski definition) is 1. The average molecular weight is 208 g/mol. The van der Waals surface area contributed by atoms with Crippen molar-refractivity contribution in [1.29, 1.82) is 5.26 Å². The van der Waals surface area contributed by atoms with Gasteiger partial charge in [0.1, 0.15) is 6.42 Å². The van der Waals surface area contributed by atoms with Crippen LogP contribution in [0.1, 0.15) is 46.0 Å². The molecule has 1 rings (SSSR count). The van der Waals surface area contributed by atoms with Crippen LogP contribution in [0.5, 0.6) is 0 Å². The summed E-state index contributed by atoms with van der Waals surface area (Å²) < 4.78 is 0. The van der Waals surface area contributed by atoms with Crippen LogP contribution in [0, 0.1) is 23.2 Å². The topological polar surface area (TPSA) is 52.9 Å². The quantitative estimate of drug-likeness (QED) is 0.773. The van der Waals surface area contributed by atoms with E-state index in [2.05, 4.69) is 19.2 Å². The van der Waals surface area contributed by atoms with Gasteiger partial charge >= 0.3 is 0 Å². The van der Waals surface area contributed by atoms with Crippen LogP contribution in [0.3, 0.4) is 0 Å². The Morgan fingerprint density at radius 1 is 1.40 bits per heavy atom. The Morgan fingerprint density at radius 3 is 2.47 bits per heavy atom. The zero-order chi connectivity index (χ0) is 11.3. The first-order valence-corrected chi connectivity index (χ1v) is 5.79. The molecule has 0 heterocycles. The largest absolute Gasteiger partial charge is 0.352 e. The molecule has 1 saturated carbocycles. The molecule has 1 aliphatic rings. The first-order valence-electron chi connectivity index (χ1n) is 5.79. The lowest BCUT2D eigenvalue weighted by molar-refractivity contribution is -0.121. The van der Waals surface area contributed by atoms with Gasteiger partial charge in [0.2, 0.25) is 5.91 Å². The van der Waals surface area contributed by atoms with Crippen molar-refractivity contribution < 1.29 is 4.79 Å². The van der Waals surface area contributed by atoms with Gasteiger partial charge in [-0.1, -0.05) is 13.8 Å². The lowest BCUT2D eigenvalue weighted by atomic mass is 9.80. The number of carbonyl (C=O) groups is 1. The second kappa shape index (κ2) is 5.75. The second-order valence-electron chi connectivity index (χ2n) is 4.76. The Labute approximate surface area is 91.9 Å². The third kappa shape index (κ3) is 3.91. The van der Waals surface area contributed by atoms with Gasteiger partial charge in [-0.05, 0) is 37.5 Å². The summed E-state index contributed by atoms with van der Waals surface area (Å²) in [5, 5.41) is 11.3. The Balaban J connectivity index is 2.26. The van der Waals surface area contributed by atoms with E-state index < -0.39 is 0 Å². The molecule has 3 heteroatoms. The number of amides is 1. The fourth-order valence-electron chi connectivity index (χ4n) is 2.28. The summed E-state index contributed by atoms with van der Waals surface area (Å²) in [6.07, 6.45) is 4.54. The highest BCUT2D eigenvalue weighted by Crippen LogP contribution is 2.29. The van der Waals surface area contributed by atoms with E-state index in [1.54, 1.807) is 0 Å². The van der Waals surface area contributed by atoms with E-state index in [0.29, 0.717) is 6.04 Å². The van der Waals surface area contributed by atoms with Crippen molar-refractivity contribution in [1.82, 2.24) is 5.32 Å². The van der Waals surface area contributed by atoms with E-state index in [0.717, 1.165) is 24.7 Å². The zero-order valence-electron chi connectivity index (χ0n) is 9.62. The summed E-state index contributed by atoms with van der Waals surface area (Å²) >= 11 is 0. The number of rotatable bonds is 3. The highest BCUT2D eigenvalue weighted by Gasteiger charge is 2.23. The van der Waals surface area contributed by atoms with Gasteiger partial charge in [0.05, 0.1) is 6.07 Å². The van der Waals surface area contributed by atoms with Crippen LogP contribution in [0.15, 0.2) is 0 Å². The molecule has 15 heavy (non-hydrogen) atoms. The molecule has 0 bridgehead atoms. The molecule has 0 aliphatic heterocycles. The maximum atomic E-state index is 11.2. The number of hydrogen-bond acceptors (Lipinski definition) is 2. The molecule has 1 amide bonds. The third-order valence-corrected chi connectivity index (χ3v) is 3.32. The van der Waals surface area contributed by atoms with Crippen LogP contribution in [0.4, 0.5) is 0 Å². The zero-order valence-corrected chi connectivity index (χ0v) is 9.62. The first-order chi connectivity index (χ1) is 7.13. The molecular weight excluding hydrogens is 188 g/mol. The lowest BCUT2D eigenvalue weighted by Gasteiger charge is -2.31. The Kier molecular flexibility index (Phi) is 4.61. The van der Waals surface area contributed by atoms with Crippen LogP contribution in [0.2, 0.25) is 0 Å². The Bertz CT molecular complexity index is 247. The maximum absolute atomic E-state index is 11.2. The molecule has 0 radical (unpaired) electrons. The predicted octanol–water partition coefficient (Wildman–Crippen LogP) is 2.23. The standard InChI is InChI=1S/C12H20N2O/c1-9(2)10-3-5-11(6-4-10)14-12(15)7-8-13/h9-11H,3-7H2,1-2H3,(H,14,15). The van der Waals surface area contributed by atoms with Gasteiger partial charge in [0.25, 0.3) is 0 Å². The summed E-state index contributed by atoms with van der Waals surface area (Å²) in [6, 6.07) is 2.18. The minimum Gasteiger partial charge on any atom is -0.352 e. The van der Waals surface area contributed by atoms with Crippen molar-refractivity contribution >= 4 is 5.91 Å². The molecule has 84 valence electrons. The summed E-state index contributed by atoms with van der Waals surface area (Å²) in [6.45, 7) is 4.53. The van der Waals surface area contributed by atoms with Gasteiger partial charge in [-0.25, -0.2) is 0 Å². The van der Waals surface area contributed by atoms with Gasteiger partial charge in [0, 0.05) is 6.04 Å². The Hall–Kier alpha value is -1.04. The van der Waals surface area contributed by atoms with Crippen LogP contribution in [-0.4, -0.2) is 11.9 Å². The van der Waals surface area contributed by atoms with Gasteiger partial charge < -0.3 is 5.32 Å². The normalized spacial score (nSPS) is 26.0. The summed E-state index contributed by atoms with van der Waals surface area (Å²) in [5.41, 5.74) is 0. The number of nitrogens with zero attached hydrogens (tertiary/aromatic N) is 1. The van der Waals surface area contributed by atoms with E-state index in [-0.39, 0.29) is 12.3 Å². The Morgan fingerprint density at radius 2 is 2.00 bits per heavy atom. The van der Waals surface area contributed by atoms with Crippen molar-refractivity contribution in [3.8, 4) is 6.07 Å². The van der Waals surface area contributed by atoms with Crippen molar-refractivity contribution in [2.75, 3.05) is 0 Å². The van der Waals surface area contributed by atoms with E-state index >= 15 is 0 Å². The van der Waals surface area contributed by atoms with E-state index in [1.165, 1.54) is 12.8 Å². The van der Waals surface area contributed by atoms with Gasteiger partial charge in [0.15, 0.2) is 0 Å². The van der Waals surface area contributed by atoms with Crippen molar-refractivity contribution in [3.05, 3.63) is 0 Å². The highest BCUT2D eigenvalue weighted by atomic mass is 16.1. The molecule has 0 atom stereocenters. The monoisotopic (exact) mass is 208 g/mol. The van der Waals surface area contributed by atoms with E-state index in [4.69, 9.17) is 5.26 Å². The molecule has 1 fully saturated rings. The van der Waals surface area contributed by atoms with Crippen molar-refractivity contribution in [2.45, 2.75) is 52.0 Å². The van der Waals surface area contributed by atoms with Gasteiger partial charge in [-0.2, -0.15) is 5.26 Å². The molecule has 1 N–H and O–H groups in total. The molecule has 1 aliphatic carbocycles. The molecule has 0 aromatic heterocycles. The van der Waals surface area contributed by atoms with E-state index in [1.807, 2.05) is 6.07 Å².